The van der Waals surface area contributed by atoms with Crippen LogP contribution >= 0.6 is 67.8 Å². The van der Waals surface area contributed by atoms with Crippen molar-refractivity contribution in [3.8, 4) is 0 Å². The van der Waals surface area contributed by atoms with Gasteiger partial charge in [0.2, 0.25) is 0 Å². The number of aliphatic carboxylic acids is 1. The van der Waals surface area contributed by atoms with Crippen LogP contribution in [0, 0.1) is 0 Å². The Labute approximate surface area is 108 Å². The molecule has 1 aliphatic heterocycles. The lowest BCUT2D eigenvalue weighted by Crippen LogP contribution is -2.34. The van der Waals surface area contributed by atoms with E-state index in [9.17, 15) is 4.79 Å². The molecule has 0 saturated heterocycles. The fraction of sp³-hybridized carbons (Fsp3) is 0.500. The molecule has 1 rings (SSSR count). The number of alkyl halides is 2. The number of thioether (sulfide) groups is 2. The summed E-state index contributed by atoms with van der Waals surface area (Å²) in [7, 11) is 0. The summed E-state index contributed by atoms with van der Waals surface area (Å²) in [5.74, 6) is -0.852. The SMILES string of the molecule is CSC1=CSC(Br)(C(=O)O)C1Br.Cl. The number of carboxylic acid groups (broad SMARTS) is 1. The van der Waals surface area contributed by atoms with Crippen LogP contribution in [0.25, 0.3) is 0 Å². The average Bonchev–Trinajstić information content (AvgIpc) is 2.31. The third-order valence-corrected chi connectivity index (χ3v) is 7.31. The van der Waals surface area contributed by atoms with Gasteiger partial charge in [-0.15, -0.1) is 35.9 Å². The second-order valence-corrected chi connectivity index (χ2v) is 6.84. The molecule has 2 unspecified atom stereocenters. The van der Waals surface area contributed by atoms with Crippen molar-refractivity contribution >= 4 is 73.8 Å². The molecule has 0 amide bonds. The Morgan fingerprint density at radius 1 is 1.85 bits per heavy atom. The normalized spacial score (nSPS) is 32.2. The number of rotatable bonds is 2. The van der Waals surface area contributed by atoms with Crippen molar-refractivity contribution in [2.45, 2.75) is 8.48 Å². The second-order valence-electron chi connectivity index (χ2n) is 2.15. The predicted octanol–water partition coefficient (Wildman–Crippen LogP) is 3.30. The van der Waals surface area contributed by atoms with Crippen LogP contribution in [0.4, 0.5) is 0 Å². The van der Waals surface area contributed by atoms with Gasteiger partial charge in [-0.3, -0.25) is 0 Å². The maximum atomic E-state index is 10.9. The lowest BCUT2D eigenvalue weighted by Gasteiger charge is -2.20. The number of carbonyl (C=O) groups is 1. The number of allylic oxidation sites excluding steroid dienone is 1. The minimum Gasteiger partial charge on any atom is -0.480 e. The molecule has 1 aliphatic rings. The van der Waals surface area contributed by atoms with Gasteiger partial charge in [-0.1, -0.05) is 31.9 Å². The molecule has 0 bridgehead atoms. The first kappa shape index (κ1) is 14.2. The third kappa shape index (κ3) is 2.59. The molecule has 0 aromatic carbocycles. The van der Waals surface area contributed by atoms with Gasteiger partial charge in [0.15, 0.2) is 3.66 Å². The Balaban J connectivity index is 0.00000144. The molecular formula is C6H7Br2ClO2S2. The first-order valence-corrected chi connectivity index (χ1v) is 6.82. The Morgan fingerprint density at radius 2 is 2.38 bits per heavy atom. The van der Waals surface area contributed by atoms with Crippen molar-refractivity contribution in [1.29, 1.82) is 0 Å². The lowest BCUT2D eigenvalue weighted by molar-refractivity contribution is -0.136. The van der Waals surface area contributed by atoms with Gasteiger partial charge < -0.3 is 5.11 Å². The van der Waals surface area contributed by atoms with Crippen molar-refractivity contribution in [1.82, 2.24) is 0 Å². The molecule has 1 N–H and O–H groups in total. The van der Waals surface area contributed by atoms with Gasteiger partial charge in [-0.05, 0) is 11.7 Å². The molecule has 0 spiro atoms. The summed E-state index contributed by atoms with van der Waals surface area (Å²) in [6.07, 6.45) is 1.93. The van der Waals surface area contributed by atoms with Crippen molar-refractivity contribution < 1.29 is 9.90 Å². The van der Waals surface area contributed by atoms with Crippen LogP contribution in [0.5, 0.6) is 0 Å². The molecule has 13 heavy (non-hydrogen) atoms. The molecule has 2 atom stereocenters. The summed E-state index contributed by atoms with van der Waals surface area (Å²) < 4.78 is -0.925. The first-order valence-electron chi connectivity index (χ1n) is 3.00. The smallest absolute Gasteiger partial charge is 0.332 e. The second kappa shape index (κ2) is 5.30. The van der Waals surface area contributed by atoms with Gasteiger partial charge in [0, 0.05) is 4.91 Å². The zero-order valence-electron chi connectivity index (χ0n) is 6.49. The van der Waals surface area contributed by atoms with Crippen LogP contribution in [0.2, 0.25) is 0 Å². The third-order valence-electron chi connectivity index (χ3n) is 1.45. The van der Waals surface area contributed by atoms with Crippen molar-refractivity contribution in [2.24, 2.45) is 0 Å². The molecule has 0 radical (unpaired) electrons. The highest BCUT2D eigenvalue weighted by atomic mass is 79.9. The van der Waals surface area contributed by atoms with E-state index >= 15 is 0 Å². The molecule has 7 heteroatoms. The first-order chi connectivity index (χ1) is 5.52. The summed E-state index contributed by atoms with van der Waals surface area (Å²) in [6.45, 7) is 0. The Bertz CT molecular complexity index is 249. The van der Waals surface area contributed by atoms with E-state index in [0.29, 0.717) is 0 Å². The summed E-state index contributed by atoms with van der Waals surface area (Å²) in [5.41, 5.74) is 0. The van der Waals surface area contributed by atoms with Crippen LogP contribution in [0.15, 0.2) is 10.3 Å². The Morgan fingerprint density at radius 3 is 2.62 bits per heavy atom. The Hall–Kier alpha value is 1.16. The van der Waals surface area contributed by atoms with Crippen molar-refractivity contribution in [3.05, 3.63) is 10.3 Å². The minimum absolute atomic E-state index is 0. The van der Waals surface area contributed by atoms with Gasteiger partial charge in [0.1, 0.15) is 0 Å². The van der Waals surface area contributed by atoms with E-state index in [-0.39, 0.29) is 17.2 Å². The van der Waals surface area contributed by atoms with E-state index in [0.717, 1.165) is 4.91 Å². The van der Waals surface area contributed by atoms with Crippen LogP contribution in [-0.4, -0.2) is 25.8 Å². The zero-order chi connectivity index (χ0) is 9.35. The van der Waals surface area contributed by atoms with Crippen LogP contribution in [0.3, 0.4) is 0 Å². The number of halogens is 3. The maximum Gasteiger partial charge on any atom is 0.332 e. The molecular weight excluding hydrogens is 363 g/mol. The largest absolute Gasteiger partial charge is 0.480 e. The fourth-order valence-electron chi connectivity index (χ4n) is 0.757. The zero-order valence-corrected chi connectivity index (χ0v) is 12.1. The highest BCUT2D eigenvalue weighted by molar-refractivity contribution is 9.14. The van der Waals surface area contributed by atoms with E-state index in [1.807, 2.05) is 11.7 Å². The molecule has 76 valence electrons. The van der Waals surface area contributed by atoms with Gasteiger partial charge >= 0.3 is 5.97 Å². The summed E-state index contributed by atoms with van der Waals surface area (Å²) >= 11 is 9.40. The molecule has 0 aromatic heterocycles. The highest BCUT2D eigenvalue weighted by Gasteiger charge is 2.48. The van der Waals surface area contributed by atoms with Crippen LogP contribution in [0.1, 0.15) is 0 Å². The van der Waals surface area contributed by atoms with E-state index in [1.54, 1.807) is 11.8 Å². The number of carboxylic acids is 1. The molecule has 1 heterocycles. The number of hydrogen-bond acceptors (Lipinski definition) is 3. The predicted molar refractivity (Wildman–Crippen MR) is 68.4 cm³/mol. The van der Waals surface area contributed by atoms with Gasteiger partial charge in [0.25, 0.3) is 0 Å². The average molecular weight is 371 g/mol. The van der Waals surface area contributed by atoms with E-state index in [2.05, 4.69) is 31.9 Å². The van der Waals surface area contributed by atoms with Crippen LogP contribution in [-0.2, 0) is 4.79 Å². The van der Waals surface area contributed by atoms with Gasteiger partial charge in [-0.2, -0.15) is 0 Å². The molecule has 2 nitrogen and oxygen atoms in total. The van der Waals surface area contributed by atoms with Crippen molar-refractivity contribution in [3.63, 3.8) is 0 Å². The quantitative estimate of drug-likeness (QED) is 0.757. The standard InChI is InChI=1S/C6H6Br2O2S2.ClH/c1-11-3-2-12-6(8,4(3)7)5(9)10;/h2,4H,1H3,(H,9,10);1H. The fourth-order valence-corrected chi connectivity index (χ4v) is 4.58. The van der Waals surface area contributed by atoms with Crippen molar-refractivity contribution in [2.75, 3.05) is 6.26 Å². The molecule has 0 aromatic rings. The molecule has 0 fully saturated rings. The summed E-state index contributed by atoms with van der Waals surface area (Å²) in [6, 6.07) is 0. The van der Waals surface area contributed by atoms with E-state index < -0.39 is 9.63 Å². The van der Waals surface area contributed by atoms with Gasteiger partial charge in [0.05, 0.1) is 4.83 Å². The minimum atomic E-state index is -0.925. The maximum absolute atomic E-state index is 10.9. The Kier molecular flexibility index (Phi) is 5.77. The van der Waals surface area contributed by atoms with E-state index in [4.69, 9.17) is 5.11 Å². The number of hydrogen-bond donors (Lipinski definition) is 1. The van der Waals surface area contributed by atoms with Gasteiger partial charge in [-0.25, -0.2) is 4.79 Å². The highest BCUT2D eigenvalue weighted by Crippen LogP contribution is 2.52. The topological polar surface area (TPSA) is 37.3 Å². The van der Waals surface area contributed by atoms with E-state index in [1.165, 1.54) is 11.8 Å². The monoisotopic (exact) mass is 368 g/mol. The summed E-state index contributed by atoms with van der Waals surface area (Å²) in [4.78, 5) is 11.7. The molecule has 0 aliphatic carbocycles. The molecule has 0 saturated carbocycles. The lowest BCUT2D eigenvalue weighted by atomic mass is 10.3. The van der Waals surface area contributed by atoms with Crippen LogP contribution < -0.4 is 0 Å². The summed E-state index contributed by atoms with van der Waals surface area (Å²) in [5, 5.41) is 10.8.